The van der Waals surface area contributed by atoms with Gasteiger partial charge in [0.2, 0.25) is 0 Å². The molecule has 0 saturated carbocycles. The predicted molar refractivity (Wildman–Crippen MR) is 64.6 cm³/mol. The first-order chi connectivity index (χ1) is 6.35. The van der Waals surface area contributed by atoms with Gasteiger partial charge in [0, 0.05) is 11.4 Å². The molecule has 0 rings (SSSR count). The van der Waals surface area contributed by atoms with E-state index in [0.717, 1.165) is 11.4 Å². The van der Waals surface area contributed by atoms with Crippen LogP contribution in [0.4, 0.5) is 0 Å². The monoisotopic (exact) mass is 249 g/mol. The fraction of sp³-hybridized carbons (Fsp3) is 1.00. The largest absolute Gasteiger partial charge is 0.314 e. The molecule has 0 aromatic heterocycles. The standard InChI is InChI=1S/C11H24BrN/c1-3-11(4-2)13-10-8-6-5-7-9-12/h11,13H,3-10H2,1-2H3. The summed E-state index contributed by atoms with van der Waals surface area (Å²) in [6, 6.07) is 0.746. The first-order valence-corrected chi connectivity index (χ1v) is 6.76. The van der Waals surface area contributed by atoms with Crippen LogP contribution in [0, 0.1) is 0 Å². The Morgan fingerprint density at radius 1 is 1.00 bits per heavy atom. The molecular weight excluding hydrogens is 226 g/mol. The predicted octanol–water partition coefficient (Wildman–Crippen LogP) is 3.72. The van der Waals surface area contributed by atoms with Crippen molar-refractivity contribution in [2.24, 2.45) is 0 Å². The summed E-state index contributed by atoms with van der Waals surface area (Å²) in [4.78, 5) is 0. The third-order valence-corrected chi connectivity index (χ3v) is 3.04. The van der Waals surface area contributed by atoms with Crippen molar-refractivity contribution in [3.63, 3.8) is 0 Å². The van der Waals surface area contributed by atoms with E-state index in [1.54, 1.807) is 0 Å². The maximum Gasteiger partial charge on any atom is 0.00618 e. The Hall–Kier alpha value is 0.440. The topological polar surface area (TPSA) is 12.0 Å². The van der Waals surface area contributed by atoms with Gasteiger partial charge in [-0.25, -0.2) is 0 Å². The van der Waals surface area contributed by atoms with Crippen molar-refractivity contribution in [3.8, 4) is 0 Å². The lowest BCUT2D eigenvalue weighted by atomic mass is 10.1. The first-order valence-electron chi connectivity index (χ1n) is 5.64. The molecule has 0 atom stereocenters. The van der Waals surface area contributed by atoms with Gasteiger partial charge in [-0.2, -0.15) is 0 Å². The van der Waals surface area contributed by atoms with E-state index in [0.29, 0.717) is 0 Å². The fourth-order valence-corrected chi connectivity index (χ4v) is 1.85. The van der Waals surface area contributed by atoms with Gasteiger partial charge in [-0.3, -0.25) is 0 Å². The summed E-state index contributed by atoms with van der Waals surface area (Å²) in [5, 5.41) is 4.74. The molecule has 0 aliphatic heterocycles. The normalized spacial score (nSPS) is 11.1. The molecule has 0 aliphatic rings. The van der Waals surface area contributed by atoms with Crippen molar-refractivity contribution >= 4 is 15.9 Å². The molecule has 80 valence electrons. The Labute approximate surface area is 91.8 Å². The minimum Gasteiger partial charge on any atom is -0.314 e. The molecular formula is C11H24BrN. The van der Waals surface area contributed by atoms with Crippen molar-refractivity contribution in [2.75, 3.05) is 11.9 Å². The fourth-order valence-electron chi connectivity index (χ4n) is 1.46. The summed E-state index contributed by atoms with van der Waals surface area (Å²) >= 11 is 3.45. The Bertz CT molecular complexity index is 92.1. The SMILES string of the molecule is CCC(CC)NCCCCCCBr. The summed E-state index contributed by atoms with van der Waals surface area (Å²) in [6.45, 7) is 5.71. The van der Waals surface area contributed by atoms with Crippen LogP contribution in [0.2, 0.25) is 0 Å². The first kappa shape index (κ1) is 13.4. The van der Waals surface area contributed by atoms with Gasteiger partial charge in [-0.1, -0.05) is 42.6 Å². The minimum absolute atomic E-state index is 0.746. The number of nitrogens with one attached hydrogen (secondary N) is 1. The van der Waals surface area contributed by atoms with E-state index in [-0.39, 0.29) is 0 Å². The number of unbranched alkanes of at least 4 members (excludes halogenated alkanes) is 3. The Morgan fingerprint density at radius 3 is 2.15 bits per heavy atom. The van der Waals surface area contributed by atoms with Crippen molar-refractivity contribution in [1.82, 2.24) is 5.32 Å². The Morgan fingerprint density at radius 2 is 1.62 bits per heavy atom. The molecule has 0 saturated heterocycles. The molecule has 0 aromatic rings. The van der Waals surface area contributed by atoms with Crippen LogP contribution in [-0.2, 0) is 0 Å². The third-order valence-electron chi connectivity index (χ3n) is 2.48. The molecule has 0 bridgehead atoms. The molecule has 1 nitrogen and oxygen atoms in total. The van der Waals surface area contributed by atoms with E-state index in [1.165, 1.54) is 45.1 Å². The van der Waals surface area contributed by atoms with E-state index in [9.17, 15) is 0 Å². The summed E-state index contributed by atoms with van der Waals surface area (Å²) in [7, 11) is 0. The number of alkyl halides is 1. The average Bonchev–Trinajstić information content (AvgIpc) is 2.17. The molecule has 13 heavy (non-hydrogen) atoms. The number of hydrogen-bond acceptors (Lipinski definition) is 1. The zero-order valence-corrected chi connectivity index (χ0v) is 10.7. The summed E-state index contributed by atoms with van der Waals surface area (Å²) in [6.07, 6.45) is 7.93. The average molecular weight is 250 g/mol. The molecule has 0 spiro atoms. The van der Waals surface area contributed by atoms with Gasteiger partial charge >= 0.3 is 0 Å². The molecule has 0 aliphatic carbocycles. The van der Waals surface area contributed by atoms with Crippen LogP contribution in [0.25, 0.3) is 0 Å². The van der Waals surface area contributed by atoms with Crippen molar-refractivity contribution < 1.29 is 0 Å². The molecule has 0 fully saturated rings. The van der Waals surface area contributed by atoms with Crippen LogP contribution in [-0.4, -0.2) is 17.9 Å². The van der Waals surface area contributed by atoms with E-state index in [2.05, 4.69) is 35.1 Å². The van der Waals surface area contributed by atoms with Gasteiger partial charge in [0.1, 0.15) is 0 Å². The van der Waals surface area contributed by atoms with Crippen LogP contribution in [0.3, 0.4) is 0 Å². The molecule has 0 unspecified atom stereocenters. The molecule has 2 heteroatoms. The van der Waals surface area contributed by atoms with Crippen LogP contribution in [0.5, 0.6) is 0 Å². The molecule has 1 N–H and O–H groups in total. The molecule has 0 amide bonds. The van der Waals surface area contributed by atoms with E-state index >= 15 is 0 Å². The molecule has 0 heterocycles. The summed E-state index contributed by atoms with van der Waals surface area (Å²) in [5.74, 6) is 0. The second kappa shape index (κ2) is 10.5. The quantitative estimate of drug-likeness (QED) is 0.485. The molecule has 0 aromatic carbocycles. The van der Waals surface area contributed by atoms with Gasteiger partial charge in [0.15, 0.2) is 0 Å². The van der Waals surface area contributed by atoms with Crippen molar-refractivity contribution in [1.29, 1.82) is 0 Å². The van der Waals surface area contributed by atoms with E-state index in [4.69, 9.17) is 0 Å². The lowest BCUT2D eigenvalue weighted by Crippen LogP contribution is -2.28. The smallest absolute Gasteiger partial charge is 0.00618 e. The third kappa shape index (κ3) is 8.76. The Kier molecular flexibility index (Phi) is 10.9. The van der Waals surface area contributed by atoms with E-state index < -0.39 is 0 Å². The van der Waals surface area contributed by atoms with Crippen LogP contribution >= 0.6 is 15.9 Å². The molecule has 0 radical (unpaired) electrons. The van der Waals surface area contributed by atoms with Crippen LogP contribution in [0.15, 0.2) is 0 Å². The highest BCUT2D eigenvalue weighted by Crippen LogP contribution is 2.02. The van der Waals surface area contributed by atoms with Crippen molar-refractivity contribution in [2.45, 2.75) is 58.4 Å². The zero-order valence-electron chi connectivity index (χ0n) is 9.11. The highest BCUT2D eigenvalue weighted by Gasteiger charge is 1.99. The van der Waals surface area contributed by atoms with Gasteiger partial charge < -0.3 is 5.32 Å². The van der Waals surface area contributed by atoms with Crippen LogP contribution in [0.1, 0.15) is 52.4 Å². The highest BCUT2D eigenvalue weighted by atomic mass is 79.9. The van der Waals surface area contributed by atoms with Gasteiger partial charge in [0.05, 0.1) is 0 Å². The number of hydrogen-bond donors (Lipinski definition) is 1. The number of halogens is 1. The highest BCUT2D eigenvalue weighted by molar-refractivity contribution is 9.09. The summed E-state index contributed by atoms with van der Waals surface area (Å²) in [5.41, 5.74) is 0. The van der Waals surface area contributed by atoms with Crippen molar-refractivity contribution in [3.05, 3.63) is 0 Å². The van der Waals surface area contributed by atoms with Gasteiger partial charge in [0.25, 0.3) is 0 Å². The van der Waals surface area contributed by atoms with E-state index in [1.807, 2.05) is 0 Å². The number of rotatable bonds is 9. The lowest BCUT2D eigenvalue weighted by molar-refractivity contribution is 0.470. The second-order valence-corrected chi connectivity index (χ2v) is 4.36. The zero-order chi connectivity index (χ0) is 9.94. The van der Waals surface area contributed by atoms with Crippen LogP contribution < -0.4 is 5.32 Å². The maximum absolute atomic E-state index is 3.58. The summed E-state index contributed by atoms with van der Waals surface area (Å²) < 4.78 is 0. The minimum atomic E-state index is 0.746. The maximum atomic E-state index is 3.58. The lowest BCUT2D eigenvalue weighted by Gasteiger charge is -2.14. The second-order valence-electron chi connectivity index (χ2n) is 3.57. The van der Waals surface area contributed by atoms with Gasteiger partial charge in [-0.15, -0.1) is 0 Å². The van der Waals surface area contributed by atoms with Gasteiger partial charge in [-0.05, 0) is 32.2 Å². The Balaban J connectivity index is 3.05.